The second-order valence-electron chi connectivity index (χ2n) is 7.54. The fourth-order valence-corrected chi connectivity index (χ4v) is 2.63. The number of rotatable bonds is 9. The minimum Gasteiger partial charge on any atom is -0.489 e. The normalized spacial score (nSPS) is 11.4. The van der Waals surface area contributed by atoms with E-state index in [1.165, 1.54) is 17.7 Å². The Morgan fingerprint density at radius 2 is 1.85 bits per heavy atom. The summed E-state index contributed by atoms with van der Waals surface area (Å²) in [5.74, 6) is 0.790. The molecule has 6 heteroatoms. The third-order valence-electron chi connectivity index (χ3n) is 4.30. The van der Waals surface area contributed by atoms with E-state index in [1.54, 1.807) is 12.1 Å². The summed E-state index contributed by atoms with van der Waals surface area (Å²) in [6, 6.07) is 12.6. The van der Waals surface area contributed by atoms with E-state index in [1.807, 2.05) is 6.07 Å². The summed E-state index contributed by atoms with van der Waals surface area (Å²) in [6.07, 6.45) is 0.706. The van der Waals surface area contributed by atoms with Gasteiger partial charge in [0.15, 0.2) is 0 Å². The molecule has 0 aliphatic rings. The van der Waals surface area contributed by atoms with Crippen LogP contribution in [-0.2, 0) is 18.6 Å². The van der Waals surface area contributed by atoms with Gasteiger partial charge in [-0.15, -0.1) is 0 Å². The van der Waals surface area contributed by atoms with Crippen LogP contribution in [0.25, 0.3) is 0 Å². The Bertz CT molecular complexity index is 752. The Labute approximate surface area is 160 Å². The topological polar surface area (TPSA) is 84.6 Å². The number of aliphatic hydroxyl groups is 1. The van der Waals surface area contributed by atoms with Crippen molar-refractivity contribution in [2.75, 3.05) is 13.2 Å². The van der Waals surface area contributed by atoms with Crippen molar-refractivity contribution in [1.82, 2.24) is 5.32 Å². The predicted octanol–water partition coefficient (Wildman–Crippen LogP) is 3.94. The molecule has 2 rings (SSSR count). The molecular weight excluding hydrogens is 344 g/mol. The summed E-state index contributed by atoms with van der Waals surface area (Å²) in [5.41, 5.74) is 3.27. The fraction of sp³-hybridized carbons (Fsp3) is 0.429. The van der Waals surface area contributed by atoms with Crippen LogP contribution in [0.1, 0.15) is 43.9 Å². The highest BCUT2D eigenvalue weighted by Gasteiger charge is 2.16. The third-order valence-corrected chi connectivity index (χ3v) is 4.30. The van der Waals surface area contributed by atoms with Crippen LogP contribution < -0.4 is 10.1 Å². The molecule has 0 radical (unpaired) electrons. The van der Waals surface area contributed by atoms with E-state index in [4.69, 9.17) is 9.84 Å². The number of nitro groups is 1. The van der Waals surface area contributed by atoms with Gasteiger partial charge in [0.05, 0.1) is 4.92 Å². The molecule has 0 aliphatic heterocycles. The zero-order valence-corrected chi connectivity index (χ0v) is 16.2. The number of hydrogen-bond acceptors (Lipinski definition) is 5. The Morgan fingerprint density at radius 1 is 1.15 bits per heavy atom. The molecule has 146 valence electrons. The zero-order valence-electron chi connectivity index (χ0n) is 16.2. The van der Waals surface area contributed by atoms with Crippen molar-refractivity contribution in [2.24, 2.45) is 0 Å². The van der Waals surface area contributed by atoms with Gasteiger partial charge in [-0.05, 0) is 47.7 Å². The van der Waals surface area contributed by atoms with Crippen LogP contribution in [-0.4, -0.2) is 23.2 Å². The summed E-state index contributed by atoms with van der Waals surface area (Å²) in [6.45, 7) is 8.40. The first-order chi connectivity index (χ1) is 12.8. The van der Waals surface area contributed by atoms with E-state index in [9.17, 15) is 10.1 Å². The molecule has 2 N–H and O–H groups in total. The number of nitrogens with one attached hydrogen (secondary N) is 1. The zero-order chi connectivity index (χ0) is 19.9. The largest absolute Gasteiger partial charge is 0.489 e. The Balaban J connectivity index is 2.12. The van der Waals surface area contributed by atoms with Gasteiger partial charge in [0.25, 0.3) is 5.69 Å². The van der Waals surface area contributed by atoms with Gasteiger partial charge < -0.3 is 15.2 Å². The summed E-state index contributed by atoms with van der Waals surface area (Å²) in [4.78, 5) is 10.3. The standard InChI is InChI=1S/C21H28N2O4/c1-21(2,3)18-7-10-20(17(13-18)14-22-11-4-12-24)27-15-16-5-8-19(9-6-16)23(25)26/h5-10,13,22,24H,4,11-12,14-15H2,1-3H3. The number of nitro benzene ring substituents is 1. The van der Waals surface area contributed by atoms with Gasteiger partial charge in [-0.1, -0.05) is 32.9 Å². The lowest BCUT2D eigenvalue weighted by Gasteiger charge is -2.22. The number of benzene rings is 2. The van der Waals surface area contributed by atoms with Gasteiger partial charge in [-0.2, -0.15) is 0 Å². The molecule has 0 unspecified atom stereocenters. The first kappa shape index (κ1) is 20.9. The molecule has 0 spiro atoms. The molecule has 0 fully saturated rings. The number of non-ortho nitro benzene ring substituents is 1. The van der Waals surface area contributed by atoms with Crippen LogP contribution in [0.3, 0.4) is 0 Å². The van der Waals surface area contributed by atoms with Gasteiger partial charge in [0, 0.05) is 30.8 Å². The van der Waals surface area contributed by atoms with Gasteiger partial charge in [0.2, 0.25) is 0 Å². The van der Waals surface area contributed by atoms with Crippen LogP contribution in [0.15, 0.2) is 42.5 Å². The first-order valence-electron chi connectivity index (χ1n) is 9.12. The smallest absolute Gasteiger partial charge is 0.269 e. The summed E-state index contributed by atoms with van der Waals surface area (Å²) >= 11 is 0. The molecule has 6 nitrogen and oxygen atoms in total. The third kappa shape index (κ3) is 6.34. The van der Waals surface area contributed by atoms with Crippen molar-refractivity contribution in [2.45, 2.75) is 45.8 Å². The molecule has 0 heterocycles. The molecule has 0 aliphatic carbocycles. The minimum atomic E-state index is -0.411. The molecule has 0 atom stereocenters. The molecule has 0 bridgehead atoms. The van der Waals surface area contributed by atoms with Crippen molar-refractivity contribution >= 4 is 5.69 Å². The molecule has 0 saturated heterocycles. The molecule has 0 amide bonds. The number of aliphatic hydroxyl groups excluding tert-OH is 1. The van der Waals surface area contributed by atoms with Crippen LogP contribution in [0.5, 0.6) is 5.75 Å². The number of hydrogen-bond donors (Lipinski definition) is 2. The van der Waals surface area contributed by atoms with Crippen molar-refractivity contribution in [3.63, 3.8) is 0 Å². The summed E-state index contributed by atoms with van der Waals surface area (Å²) in [7, 11) is 0. The lowest BCUT2D eigenvalue weighted by atomic mass is 9.86. The Morgan fingerprint density at radius 3 is 2.44 bits per heavy atom. The molecular formula is C21H28N2O4. The Kier molecular flexibility index (Phi) is 7.33. The highest BCUT2D eigenvalue weighted by molar-refractivity contribution is 5.40. The van der Waals surface area contributed by atoms with E-state index >= 15 is 0 Å². The monoisotopic (exact) mass is 372 g/mol. The van der Waals surface area contributed by atoms with E-state index in [-0.39, 0.29) is 17.7 Å². The Hall–Kier alpha value is -2.44. The fourth-order valence-electron chi connectivity index (χ4n) is 2.63. The lowest BCUT2D eigenvalue weighted by Crippen LogP contribution is -2.18. The molecule has 27 heavy (non-hydrogen) atoms. The van der Waals surface area contributed by atoms with Crippen molar-refractivity contribution in [3.8, 4) is 5.75 Å². The first-order valence-corrected chi connectivity index (χ1v) is 9.12. The van der Waals surface area contributed by atoms with Gasteiger partial charge in [-0.25, -0.2) is 0 Å². The second kappa shape index (κ2) is 9.48. The van der Waals surface area contributed by atoms with Crippen LogP contribution >= 0.6 is 0 Å². The molecule has 0 saturated carbocycles. The van der Waals surface area contributed by atoms with Crippen LogP contribution in [0.4, 0.5) is 5.69 Å². The van der Waals surface area contributed by atoms with Gasteiger partial charge >= 0.3 is 0 Å². The average Bonchev–Trinajstić information content (AvgIpc) is 2.63. The molecule has 2 aromatic rings. The minimum absolute atomic E-state index is 0.0384. The lowest BCUT2D eigenvalue weighted by molar-refractivity contribution is -0.384. The van der Waals surface area contributed by atoms with Gasteiger partial charge in [-0.3, -0.25) is 10.1 Å². The maximum Gasteiger partial charge on any atom is 0.269 e. The van der Waals surface area contributed by atoms with Crippen molar-refractivity contribution in [1.29, 1.82) is 0 Å². The van der Waals surface area contributed by atoms with E-state index in [0.29, 0.717) is 19.6 Å². The highest BCUT2D eigenvalue weighted by Crippen LogP contribution is 2.28. The second-order valence-corrected chi connectivity index (χ2v) is 7.54. The van der Waals surface area contributed by atoms with E-state index in [0.717, 1.165) is 23.4 Å². The number of ether oxygens (including phenoxy) is 1. The van der Waals surface area contributed by atoms with Gasteiger partial charge in [0.1, 0.15) is 12.4 Å². The van der Waals surface area contributed by atoms with E-state index in [2.05, 4.69) is 38.2 Å². The molecule has 0 aromatic heterocycles. The maximum atomic E-state index is 10.7. The molecule has 2 aromatic carbocycles. The summed E-state index contributed by atoms with van der Waals surface area (Å²) < 4.78 is 5.99. The number of nitrogens with zero attached hydrogens (tertiary/aromatic N) is 1. The SMILES string of the molecule is CC(C)(C)c1ccc(OCc2ccc([N+](=O)[O-])cc2)c(CNCCCO)c1. The van der Waals surface area contributed by atoms with Crippen LogP contribution in [0.2, 0.25) is 0 Å². The summed E-state index contributed by atoms with van der Waals surface area (Å²) in [5, 5.41) is 23.0. The highest BCUT2D eigenvalue weighted by atomic mass is 16.6. The van der Waals surface area contributed by atoms with Crippen molar-refractivity contribution in [3.05, 3.63) is 69.3 Å². The average molecular weight is 372 g/mol. The quantitative estimate of drug-likeness (QED) is 0.396. The maximum absolute atomic E-state index is 10.7. The predicted molar refractivity (Wildman–Crippen MR) is 106 cm³/mol. The van der Waals surface area contributed by atoms with Crippen LogP contribution in [0, 0.1) is 10.1 Å². The van der Waals surface area contributed by atoms with E-state index < -0.39 is 4.92 Å². The van der Waals surface area contributed by atoms with Crippen molar-refractivity contribution < 1.29 is 14.8 Å².